The van der Waals surface area contributed by atoms with Crippen molar-refractivity contribution in [3.8, 4) is 0 Å². The number of carbonyl (C=O) groups excluding carboxylic acids is 2. The van der Waals surface area contributed by atoms with Gasteiger partial charge in [-0.25, -0.2) is 4.79 Å². The second kappa shape index (κ2) is 7.49. The fourth-order valence-electron chi connectivity index (χ4n) is 2.08. The second-order valence-electron chi connectivity index (χ2n) is 4.82. The third kappa shape index (κ3) is 3.78. The summed E-state index contributed by atoms with van der Waals surface area (Å²) in [6, 6.07) is 8.68. The maximum absolute atomic E-state index is 12.6. The Hall–Kier alpha value is -2.50. The Morgan fingerprint density at radius 2 is 2.00 bits per heavy atom. The van der Waals surface area contributed by atoms with Gasteiger partial charge in [0.05, 0.1) is 7.11 Å². The number of hydrogen-bond acceptors (Lipinski definition) is 5. The molecule has 0 fully saturated rings. The van der Waals surface area contributed by atoms with Crippen LogP contribution in [0.5, 0.6) is 0 Å². The number of esters is 1. The minimum Gasteiger partial charge on any atom is -0.494 e. The first-order valence-electron chi connectivity index (χ1n) is 7.00. The lowest BCUT2D eigenvalue weighted by Gasteiger charge is -2.29. The van der Waals surface area contributed by atoms with Gasteiger partial charge in [-0.2, -0.15) is 0 Å². The molecule has 1 aromatic carbocycles. The maximum atomic E-state index is 12.6. The summed E-state index contributed by atoms with van der Waals surface area (Å²) in [6.45, 7) is 2.61. The van der Waals surface area contributed by atoms with E-state index < -0.39 is 17.9 Å². The molecule has 6 nitrogen and oxygen atoms in total. The average Bonchev–Trinajstić information content (AvgIpc) is 2.59. The number of benzene rings is 1. The van der Waals surface area contributed by atoms with E-state index in [0.717, 1.165) is 5.56 Å². The van der Waals surface area contributed by atoms with E-state index in [4.69, 9.17) is 14.2 Å². The summed E-state index contributed by atoms with van der Waals surface area (Å²) in [5.41, 5.74) is 0.906. The Labute approximate surface area is 129 Å². The monoisotopic (exact) mass is 305 g/mol. The third-order valence-electron chi connectivity index (χ3n) is 3.33. The molecule has 0 unspecified atom stereocenters. The van der Waals surface area contributed by atoms with Gasteiger partial charge < -0.3 is 19.1 Å². The molecule has 0 aliphatic carbocycles. The number of carbonyl (C=O) groups is 2. The van der Waals surface area contributed by atoms with Crippen LogP contribution in [-0.2, 0) is 30.3 Å². The minimum absolute atomic E-state index is 0.0953. The number of rotatable bonds is 5. The normalized spacial score (nSPS) is 14.9. The topological polar surface area (TPSA) is 65.1 Å². The van der Waals surface area contributed by atoms with Gasteiger partial charge in [-0.05, 0) is 12.5 Å². The van der Waals surface area contributed by atoms with Crippen LogP contribution in [0.3, 0.4) is 0 Å². The number of hydrogen-bond donors (Lipinski definition) is 0. The van der Waals surface area contributed by atoms with E-state index >= 15 is 0 Å². The summed E-state index contributed by atoms with van der Waals surface area (Å²) in [4.78, 5) is 25.8. The molecular formula is C16H19NO5. The zero-order chi connectivity index (χ0) is 15.9. The van der Waals surface area contributed by atoms with E-state index in [0.29, 0.717) is 13.2 Å². The third-order valence-corrected chi connectivity index (χ3v) is 3.33. The highest BCUT2D eigenvalue weighted by Gasteiger charge is 2.30. The predicted octanol–water partition coefficient (Wildman–Crippen LogP) is 1.46. The first-order valence-corrected chi connectivity index (χ1v) is 7.00. The number of methoxy groups -OCH3 is 1. The van der Waals surface area contributed by atoms with Gasteiger partial charge in [0.2, 0.25) is 5.76 Å². The molecular weight excluding hydrogens is 286 g/mol. The summed E-state index contributed by atoms with van der Waals surface area (Å²) in [7, 11) is 1.30. The SMILES string of the molecule is COC(=O)[C@@H](C)N(Cc1ccccc1)C(=O)C1=COCCO1. The van der Waals surface area contributed by atoms with Gasteiger partial charge in [-0.15, -0.1) is 0 Å². The number of ether oxygens (including phenoxy) is 3. The van der Waals surface area contributed by atoms with Gasteiger partial charge in [-0.3, -0.25) is 4.79 Å². The average molecular weight is 305 g/mol. The van der Waals surface area contributed by atoms with Gasteiger partial charge in [0, 0.05) is 6.54 Å². The molecule has 2 rings (SSSR count). The molecule has 6 heteroatoms. The van der Waals surface area contributed by atoms with Crippen LogP contribution in [0.15, 0.2) is 42.4 Å². The van der Waals surface area contributed by atoms with Crippen LogP contribution in [0, 0.1) is 0 Å². The highest BCUT2D eigenvalue weighted by Crippen LogP contribution is 2.16. The highest BCUT2D eigenvalue weighted by molar-refractivity contribution is 5.94. The lowest BCUT2D eigenvalue weighted by Crippen LogP contribution is -2.44. The van der Waals surface area contributed by atoms with Crippen molar-refractivity contribution in [3.63, 3.8) is 0 Å². The zero-order valence-electron chi connectivity index (χ0n) is 12.7. The molecule has 0 aromatic heterocycles. The van der Waals surface area contributed by atoms with E-state index in [-0.39, 0.29) is 12.3 Å². The molecule has 0 saturated carbocycles. The lowest BCUT2D eigenvalue weighted by atomic mass is 10.1. The zero-order valence-corrected chi connectivity index (χ0v) is 12.7. The van der Waals surface area contributed by atoms with Gasteiger partial charge >= 0.3 is 5.97 Å². The molecule has 1 aliphatic heterocycles. The van der Waals surface area contributed by atoms with E-state index in [1.807, 2.05) is 30.3 Å². The Bertz CT molecular complexity index is 555. The van der Waals surface area contributed by atoms with Gasteiger partial charge in [0.1, 0.15) is 25.5 Å². The standard InChI is InChI=1S/C16H19NO5/c1-12(16(19)20-2)17(10-13-6-4-3-5-7-13)15(18)14-11-21-8-9-22-14/h3-7,11-12H,8-10H2,1-2H3/t12-/m1/s1. The van der Waals surface area contributed by atoms with Gasteiger partial charge in [-0.1, -0.05) is 30.3 Å². The van der Waals surface area contributed by atoms with E-state index in [1.165, 1.54) is 18.3 Å². The minimum atomic E-state index is -0.732. The first-order chi connectivity index (χ1) is 10.6. The molecule has 0 saturated heterocycles. The molecule has 0 radical (unpaired) electrons. The van der Waals surface area contributed by atoms with Gasteiger partial charge in [0.25, 0.3) is 5.91 Å². The Morgan fingerprint density at radius 3 is 2.59 bits per heavy atom. The van der Waals surface area contributed by atoms with Crippen molar-refractivity contribution in [2.24, 2.45) is 0 Å². The van der Waals surface area contributed by atoms with E-state index in [2.05, 4.69) is 0 Å². The molecule has 1 aliphatic rings. The van der Waals surface area contributed by atoms with Crippen molar-refractivity contribution < 1.29 is 23.8 Å². The molecule has 1 aromatic rings. The van der Waals surface area contributed by atoms with Crippen LogP contribution in [0.1, 0.15) is 12.5 Å². The summed E-state index contributed by atoms with van der Waals surface area (Å²) in [5.74, 6) is -0.791. The van der Waals surface area contributed by atoms with Crippen LogP contribution in [0.25, 0.3) is 0 Å². The summed E-state index contributed by atoms with van der Waals surface area (Å²) in [5, 5.41) is 0. The van der Waals surface area contributed by atoms with Crippen molar-refractivity contribution in [1.82, 2.24) is 4.90 Å². The summed E-state index contributed by atoms with van der Waals surface area (Å²) >= 11 is 0. The largest absolute Gasteiger partial charge is 0.494 e. The molecule has 118 valence electrons. The Balaban J connectivity index is 2.22. The molecule has 0 N–H and O–H groups in total. The number of amides is 1. The number of nitrogens with zero attached hydrogens (tertiary/aromatic N) is 1. The van der Waals surface area contributed by atoms with Crippen LogP contribution < -0.4 is 0 Å². The van der Waals surface area contributed by atoms with Crippen LogP contribution in [0.2, 0.25) is 0 Å². The Morgan fingerprint density at radius 1 is 1.27 bits per heavy atom. The van der Waals surface area contributed by atoms with Crippen molar-refractivity contribution in [2.75, 3.05) is 20.3 Å². The van der Waals surface area contributed by atoms with Crippen molar-refractivity contribution in [2.45, 2.75) is 19.5 Å². The highest BCUT2D eigenvalue weighted by atomic mass is 16.6. The van der Waals surface area contributed by atoms with Crippen LogP contribution >= 0.6 is 0 Å². The summed E-state index contributed by atoms with van der Waals surface area (Å²) in [6.07, 6.45) is 1.29. The molecule has 1 amide bonds. The molecule has 1 heterocycles. The predicted molar refractivity (Wildman–Crippen MR) is 78.5 cm³/mol. The fourth-order valence-corrected chi connectivity index (χ4v) is 2.08. The van der Waals surface area contributed by atoms with Crippen LogP contribution in [-0.4, -0.2) is 43.1 Å². The van der Waals surface area contributed by atoms with Gasteiger partial charge in [0.15, 0.2) is 0 Å². The quantitative estimate of drug-likeness (QED) is 0.771. The first kappa shape index (κ1) is 15.9. The fraction of sp³-hybridized carbons (Fsp3) is 0.375. The molecule has 1 atom stereocenters. The van der Waals surface area contributed by atoms with E-state index in [1.54, 1.807) is 6.92 Å². The molecule has 22 heavy (non-hydrogen) atoms. The van der Waals surface area contributed by atoms with Crippen LogP contribution in [0.4, 0.5) is 0 Å². The lowest BCUT2D eigenvalue weighted by molar-refractivity contribution is -0.152. The van der Waals surface area contributed by atoms with Crippen molar-refractivity contribution in [1.29, 1.82) is 0 Å². The van der Waals surface area contributed by atoms with E-state index in [9.17, 15) is 9.59 Å². The van der Waals surface area contributed by atoms with Crippen molar-refractivity contribution >= 4 is 11.9 Å². The molecule has 0 spiro atoms. The van der Waals surface area contributed by atoms with Crippen molar-refractivity contribution in [3.05, 3.63) is 47.9 Å². The molecule has 0 bridgehead atoms. The second-order valence-corrected chi connectivity index (χ2v) is 4.82. The Kier molecular flexibility index (Phi) is 5.41. The summed E-state index contributed by atoms with van der Waals surface area (Å²) < 4.78 is 15.2. The smallest absolute Gasteiger partial charge is 0.328 e. The maximum Gasteiger partial charge on any atom is 0.328 e.